The average molecular weight is 312 g/mol. The van der Waals surface area contributed by atoms with Crippen LogP contribution in [0, 0.1) is 0 Å². The maximum absolute atomic E-state index is 12.0. The van der Waals surface area contributed by atoms with E-state index in [4.69, 9.17) is 23.2 Å². The van der Waals surface area contributed by atoms with Crippen LogP contribution in [0.1, 0.15) is 25.5 Å². The molecule has 1 heterocycles. The van der Waals surface area contributed by atoms with Crippen LogP contribution in [0.5, 0.6) is 0 Å². The molecule has 0 atom stereocenters. The highest BCUT2D eigenvalue weighted by Crippen LogP contribution is 2.20. The van der Waals surface area contributed by atoms with Crippen molar-refractivity contribution in [1.29, 1.82) is 0 Å². The summed E-state index contributed by atoms with van der Waals surface area (Å²) >= 11 is 12.2. The first-order valence-corrected chi connectivity index (χ1v) is 7.01. The highest BCUT2D eigenvalue weighted by molar-refractivity contribution is 6.33. The molecule has 0 fully saturated rings. The minimum absolute atomic E-state index is 0.0300. The third-order valence-corrected chi connectivity index (χ3v) is 3.59. The summed E-state index contributed by atoms with van der Waals surface area (Å²) in [5, 5.41) is 7.99. The van der Waals surface area contributed by atoms with E-state index in [1.54, 1.807) is 6.20 Å². The van der Waals surface area contributed by atoms with Gasteiger partial charge in [0, 0.05) is 11.6 Å². The summed E-state index contributed by atoms with van der Waals surface area (Å²) in [7, 11) is 0. The Balaban J connectivity index is 2.21. The van der Waals surface area contributed by atoms with E-state index >= 15 is 0 Å². The first-order chi connectivity index (χ1) is 9.50. The van der Waals surface area contributed by atoms with Gasteiger partial charge >= 0.3 is 0 Å². The standard InChI is InChI=1S/C14H15Cl2N3O/c1-9(2)19-14(20)13(16)12(8-18-19)17-7-10-5-3-4-6-11(10)15/h3-6,8-9,17H,7H2,1-2H3. The molecule has 0 aliphatic heterocycles. The van der Waals surface area contributed by atoms with Gasteiger partial charge in [0.2, 0.25) is 0 Å². The molecule has 20 heavy (non-hydrogen) atoms. The van der Waals surface area contributed by atoms with Gasteiger partial charge in [0.05, 0.1) is 17.9 Å². The van der Waals surface area contributed by atoms with Gasteiger partial charge in [-0.15, -0.1) is 0 Å². The van der Waals surface area contributed by atoms with Gasteiger partial charge in [0.1, 0.15) is 5.02 Å². The maximum Gasteiger partial charge on any atom is 0.287 e. The van der Waals surface area contributed by atoms with Crippen LogP contribution in [0.3, 0.4) is 0 Å². The highest BCUT2D eigenvalue weighted by atomic mass is 35.5. The molecule has 2 rings (SSSR count). The zero-order valence-corrected chi connectivity index (χ0v) is 12.7. The fourth-order valence-corrected chi connectivity index (χ4v) is 2.17. The van der Waals surface area contributed by atoms with Gasteiger partial charge in [0.15, 0.2) is 0 Å². The Morgan fingerprint density at radius 1 is 1.30 bits per heavy atom. The largest absolute Gasteiger partial charge is 0.378 e. The quantitative estimate of drug-likeness (QED) is 0.935. The summed E-state index contributed by atoms with van der Waals surface area (Å²) in [6.45, 7) is 4.23. The molecular weight excluding hydrogens is 297 g/mol. The Labute approximate surface area is 127 Å². The molecule has 0 amide bonds. The lowest BCUT2D eigenvalue weighted by Gasteiger charge is -2.12. The average Bonchev–Trinajstić information content (AvgIpc) is 2.41. The van der Waals surface area contributed by atoms with E-state index in [1.807, 2.05) is 38.1 Å². The number of hydrogen-bond donors (Lipinski definition) is 1. The third-order valence-electron chi connectivity index (χ3n) is 2.86. The van der Waals surface area contributed by atoms with Gasteiger partial charge in [-0.25, -0.2) is 4.68 Å². The molecule has 1 aromatic carbocycles. The van der Waals surface area contributed by atoms with Crippen molar-refractivity contribution in [1.82, 2.24) is 9.78 Å². The van der Waals surface area contributed by atoms with Gasteiger partial charge in [-0.2, -0.15) is 5.10 Å². The van der Waals surface area contributed by atoms with Gasteiger partial charge in [-0.1, -0.05) is 41.4 Å². The van der Waals surface area contributed by atoms with E-state index in [0.717, 1.165) is 5.56 Å². The number of hydrogen-bond acceptors (Lipinski definition) is 3. The molecule has 0 saturated heterocycles. The Bertz CT molecular complexity index is 668. The molecule has 0 aliphatic rings. The van der Waals surface area contributed by atoms with Crippen LogP contribution in [0.4, 0.5) is 5.69 Å². The number of anilines is 1. The minimum Gasteiger partial charge on any atom is -0.378 e. The van der Waals surface area contributed by atoms with E-state index in [2.05, 4.69) is 10.4 Å². The Morgan fingerprint density at radius 2 is 2.00 bits per heavy atom. The second-order valence-electron chi connectivity index (χ2n) is 4.66. The smallest absolute Gasteiger partial charge is 0.287 e. The molecule has 0 aliphatic carbocycles. The van der Waals surface area contributed by atoms with Crippen molar-refractivity contribution in [2.75, 3.05) is 5.32 Å². The van der Waals surface area contributed by atoms with Crippen LogP contribution in [0.15, 0.2) is 35.3 Å². The van der Waals surface area contributed by atoms with Gasteiger partial charge in [-0.3, -0.25) is 4.79 Å². The zero-order chi connectivity index (χ0) is 14.7. The van der Waals surface area contributed by atoms with Crippen LogP contribution >= 0.6 is 23.2 Å². The summed E-state index contributed by atoms with van der Waals surface area (Å²) < 4.78 is 1.35. The maximum atomic E-state index is 12.0. The van der Waals surface area contributed by atoms with E-state index in [-0.39, 0.29) is 16.6 Å². The van der Waals surface area contributed by atoms with E-state index in [9.17, 15) is 4.79 Å². The minimum atomic E-state index is -0.300. The Kier molecular flexibility index (Phi) is 4.68. The Morgan fingerprint density at radius 3 is 2.65 bits per heavy atom. The number of nitrogens with zero attached hydrogens (tertiary/aromatic N) is 2. The molecule has 0 saturated carbocycles. The fourth-order valence-electron chi connectivity index (χ4n) is 1.77. The van der Waals surface area contributed by atoms with Crippen LogP contribution in [0.2, 0.25) is 10.0 Å². The molecule has 0 unspecified atom stereocenters. The number of benzene rings is 1. The zero-order valence-electron chi connectivity index (χ0n) is 11.2. The van der Waals surface area contributed by atoms with Gasteiger partial charge in [0.25, 0.3) is 5.56 Å². The predicted octanol–water partition coefficient (Wildman–Crippen LogP) is 3.74. The summed E-state index contributed by atoms with van der Waals surface area (Å²) in [6, 6.07) is 7.46. The molecule has 4 nitrogen and oxygen atoms in total. The topological polar surface area (TPSA) is 46.9 Å². The van der Waals surface area contributed by atoms with Crippen LogP contribution in [0.25, 0.3) is 0 Å². The number of aromatic nitrogens is 2. The molecule has 2 aromatic rings. The molecule has 0 spiro atoms. The van der Waals surface area contributed by atoms with Crippen molar-refractivity contribution in [3.63, 3.8) is 0 Å². The molecule has 0 bridgehead atoms. The summed E-state index contributed by atoms with van der Waals surface area (Å²) in [5.41, 5.74) is 1.14. The summed E-state index contributed by atoms with van der Waals surface area (Å²) in [6.07, 6.45) is 1.56. The molecule has 1 N–H and O–H groups in total. The van der Waals surface area contributed by atoms with Crippen molar-refractivity contribution >= 4 is 28.9 Å². The van der Waals surface area contributed by atoms with Crippen molar-refractivity contribution < 1.29 is 0 Å². The van der Waals surface area contributed by atoms with Crippen molar-refractivity contribution in [2.24, 2.45) is 0 Å². The highest BCUT2D eigenvalue weighted by Gasteiger charge is 2.11. The van der Waals surface area contributed by atoms with E-state index in [0.29, 0.717) is 17.3 Å². The first-order valence-electron chi connectivity index (χ1n) is 6.25. The second kappa shape index (κ2) is 6.29. The van der Waals surface area contributed by atoms with Gasteiger partial charge < -0.3 is 5.32 Å². The van der Waals surface area contributed by atoms with Crippen molar-refractivity contribution in [2.45, 2.75) is 26.4 Å². The lowest BCUT2D eigenvalue weighted by molar-refractivity contribution is 0.503. The number of halogens is 2. The second-order valence-corrected chi connectivity index (χ2v) is 5.45. The third kappa shape index (κ3) is 3.14. The van der Waals surface area contributed by atoms with Crippen molar-refractivity contribution in [3.8, 4) is 0 Å². The monoisotopic (exact) mass is 311 g/mol. The summed E-state index contributed by atoms with van der Waals surface area (Å²) in [5.74, 6) is 0. The van der Waals surface area contributed by atoms with Crippen LogP contribution < -0.4 is 10.9 Å². The van der Waals surface area contributed by atoms with Gasteiger partial charge in [-0.05, 0) is 25.5 Å². The van der Waals surface area contributed by atoms with Crippen molar-refractivity contribution in [3.05, 3.63) is 56.4 Å². The van der Waals surface area contributed by atoms with Crippen LogP contribution in [-0.4, -0.2) is 9.78 Å². The van der Waals surface area contributed by atoms with E-state index < -0.39 is 0 Å². The normalized spacial score (nSPS) is 10.8. The van der Waals surface area contributed by atoms with E-state index in [1.165, 1.54) is 4.68 Å². The first kappa shape index (κ1) is 14.9. The molecule has 106 valence electrons. The molecule has 0 radical (unpaired) electrons. The molecule has 6 heteroatoms. The SMILES string of the molecule is CC(C)n1ncc(NCc2ccccc2Cl)c(Cl)c1=O. The Hall–Kier alpha value is -1.52. The molecule has 1 aromatic heterocycles. The molecular formula is C14H15Cl2N3O. The number of nitrogens with one attached hydrogen (secondary N) is 1. The summed E-state index contributed by atoms with van der Waals surface area (Å²) in [4.78, 5) is 12.0. The number of rotatable bonds is 4. The fraction of sp³-hybridized carbons (Fsp3) is 0.286. The lowest BCUT2D eigenvalue weighted by atomic mass is 10.2. The predicted molar refractivity (Wildman–Crippen MR) is 82.7 cm³/mol. The lowest BCUT2D eigenvalue weighted by Crippen LogP contribution is -2.25. The van der Waals surface area contributed by atoms with Crippen LogP contribution in [-0.2, 0) is 6.54 Å².